The predicted molar refractivity (Wildman–Crippen MR) is 166 cm³/mol. The summed E-state index contributed by atoms with van der Waals surface area (Å²) in [5.41, 5.74) is 2.91. The molecule has 4 aromatic rings. The van der Waals surface area contributed by atoms with E-state index in [1.54, 1.807) is 55.6 Å². The fourth-order valence-corrected chi connectivity index (χ4v) is 4.89. The fraction of sp³-hybridized carbons (Fsp3) is 0.0968. The summed E-state index contributed by atoms with van der Waals surface area (Å²) >= 11 is 14.3. The molecule has 6 nitrogen and oxygen atoms in total. The Morgan fingerprint density at radius 2 is 1.73 bits per heavy atom. The van der Waals surface area contributed by atoms with E-state index in [-0.39, 0.29) is 12.2 Å². The van der Waals surface area contributed by atoms with Gasteiger partial charge in [-0.2, -0.15) is 5.26 Å². The van der Waals surface area contributed by atoms with Crippen molar-refractivity contribution in [3.63, 3.8) is 0 Å². The van der Waals surface area contributed by atoms with Crippen molar-refractivity contribution < 1.29 is 19.0 Å². The van der Waals surface area contributed by atoms with Crippen molar-refractivity contribution in [1.82, 2.24) is 0 Å². The number of methoxy groups -OCH3 is 1. The van der Waals surface area contributed by atoms with Crippen LogP contribution in [-0.4, -0.2) is 13.0 Å². The van der Waals surface area contributed by atoms with Crippen LogP contribution in [0, 0.1) is 14.9 Å². The molecule has 4 rings (SSSR count). The van der Waals surface area contributed by atoms with E-state index in [1.165, 1.54) is 6.08 Å². The minimum atomic E-state index is -0.539. The Labute approximate surface area is 256 Å². The van der Waals surface area contributed by atoms with E-state index in [1.807, 2.05) is 42.5 Å². The fourth-order valence-electron chi connectivity index (χ4n) is 3.64. The highest BCUT2D eigenvalue weighted by molar-refractivity contribution is 14.1. The Morgan fingerprint density at radius 1 is 0.975 bits per heavy atom. The second kappa shape index (κ2) is 14.1. The van der Waals surface area contributed by atoms with Crippen LogP contribution in [0.25, 0.3) is 6.08 Å². The van der Waals surface area contributed by atoms with Crippen LogP contribution in [-0.2, 0) is 18.0 Å². The van der Waals surface area contributed by atoms with E-state index in [2.05, 4.69) is 27.9 Å². The van der Waals surface area contributed by atoms with Gasteiger partial charge in [0.05, 0.1) is 10.7 Å². The van der Waals surface area contributed by atoms with Gasteiger partial charge in [0.1, 0.15) is 30.6 Å². The number of nitriles is 1. The molecular weight excluding hydrogens is 662 g/mol. The molecular formula is C31H23Cl2IN2O4. The zero-order valence-electron chi connectivity index (χ0n) is 21.3. The van der Waals surface area contributed by atoms with Crippen LogP contribution in [0.15, 0.2) is 90.5 Å². The van der Waals surface area contributed by atoms with E-state index < -0.39 is 5.91 Å². The minimum Gasteiger partial charge on any atom is -0.493 e. The molecule has 202 valence electrons. The quantitative estimate of drug-likeness (QED) is 0.103. The first-order valence-electron chi connectivity index (χ1n) is 12.0. The second-order valence-electron chi connectivity index (χ2n) is 8.48. The monoisotopic (exact) mass is 684 g/mol. The lowest BCUT2D eigenvalue weighted by Crippen LogP contribution is -2.13. The molecule has 1 N–H and O–H groups in total. The zero-order chi connectivity index (χ0) is 28.5. The third kappa shape index (κ3) is 7.92. The SMILES string of the molecule is COc1cc(/C=C(\C#N)C(=O)Nc2ccc(OCc3ccc(Cl)cc3Cl)cc2)cc(I)c1OCc1ccccc1. The molecule has 0 bridgehead atoms. The number of benzene rings is 4. The first-order chi connectivity index (χ1) is 19.4. The number of carbonyl (C=O) groups is 1. The van der Waals surface area contributed by atoms with Crippen molar-refractivity contribution in [2.45, 2.75) is 13.2 Å². The number of hydrogen-bond donors (Lipinski definition) is 1. The molecule has 0 saturated heterocycles. The number of carbonyl (C=O) groups excluding carboxylic acids is 1. The van der Waals surface area contributed by atoms with E-state index >= 15 is 0 Å². The predicted octanol–water partition coefficient (Wildman–Crippen LogP) is 8.31. The first kappa shape index (κ1) is 29.3. The molecule has 4 aromatic carbocycles. The summed E-state index contributed by atoms with van der Waals surface area (Å²) < 4.78 is 18.1. The van der Waals surface area contributed by atoms with Gasteiger partial charge in [0.2, 0.25) is 0 Å². The largest absolute Gasteiger partial charge is 0.493 e. The number of hydrogen-bond acceptors (Lipinski definition) is 5. The maximum atomic E-state index is 12.9. The summed E-state index contributed by atoms with van der Waals surface area (Å²) in [4.78, 5) is 12.9. The summed E-state index contributed by atoms with van der Waals surface area (Å²) in [5, 5.41) is 13.5. The maximum absolute atomic E-state index is 12.9. The average Bonchev–Trinajstić information content (AvgIpc) is 2.96. The van der Waals surface area contributed by atoms with E-state index in [4.69, 9.17) is 37.4 Å². The van der Waals surface area contributed by atoms with Crippen LogP contribution in [0.1, 0.15) is 16.7 Å². The smallest absolute Gasteiger partial charge is 0.266 e. The lowest BCUT2D eigenvalue weighted by Gasteiger charge is -2.14. The van der Waals surface area contributed by atoms with Crippen LogP contribution in [0.4, 0.5) is 5.69 Å². The lowest BCUT2D eigenvalue weighted by atomic mass is 10.1. The Kier molecular flexibility index (Phi) is 10.3. The summed E-state index contributed by atoms with van der Waals surface area (Å²) in [7, 11) is 1.55. The van der Waals surface area contributed by atoms with Crippen molar-refractivity contribution in [3.05, 3.63) is 121 Å². The summed E-state index contributed by atoms with van der Waals surface area (Å²) in [6, 6.07) is 27.4. The Morgan fingerprint density at radius 3 is 2.40 bits per heavy atom. The number of anilines is 1. The standard InChI is InChI=1S/C31H23Cl2IN2O4/c1-38-29-15-21(14-28(34)30(29)40-18-20-5-3-2-4-6-20)13-23(17-35)31(37)36-25-9-11-26(12-10-25)39-19-22-7-8-24(32)16-27(22)33/h2-16H,18-19H2,1H3,(H,36,37)/b23-13+. The van der Waals surface area contributed by atoms with Crippen LogP contribution in [0.2, 0.25) is 10.0 Å². The molecule has 0 aliphatic rings. The van der Waals surface area contributed by atoms with Crippen molar-refractivity contribution in [1.29, 1.82) is 5.26 Å². The molecule has 40 heavy (non-hydrogen) atoms. The Bertz CT molecular complexity index is 1570. The van der Waals surface area contributed by atoms with Gasteiger partial charge in [-0.15, -0.1) is 0 Å². The molecule has 0 aliphatic heterocycles. The number of ether oxygens (including phenoxy) is 3. The first-order valence-corrected chi connectivity index (χ1v) is 13.8. The minimum absolute atomic E-state index is 0.0616. The third-order valence-electron chi connectivity index (χ3n) is 5.68. The van der Waals surface area contributed by atoms with Crippen LogP contribution in [0.3, 0.4) is 0 Å². The average molecular weight is 685 g/mol. The molecule has 0 atom stereocenters. The van der Waals surface area contributed by atoms with E-state index in [9.17, 15) is 10.1 Å². The van der Waals surface area contributed by atoms with Gasteiger partial charge in [-0.25, -0.2) is 0 Å². The number of nitrogens with zero attached hydrogens (tertiary/aromatic N) is 1. The number of halogens is 3. The van der Waals surface area contributed by atoms with Gasteiger partial charge in [-0.3, -0.25) is 4.79 Å². The van der Waals surface area contributed by atoms with Crippen molar-refractivity contribution in [2.75, 3.05) is 12.4 Å². The van der Waals surface area contributed by atoms with Crippen molar-refractivity contribution in [2.24, 2.45) is 0 Å². The highest BCUT2D eigenvalue weighted by Gasteiger charge is 2.14. The molecule has 9 heteroatoms. The Balaban J connectivity index is 1.41. The van der Waals surface area contributed by atoms with Gasteiger partial charge in [0, 0.05) is 21.3 Å². The normalized spacial score (nSPS) is 10.9. The third-order valence-corrected chi connectivity index (χ3v) is 7.06. The van der Waals surface area contributed by atoms with Crippen LogP contribution >= 0.6 is 45.8 Å². The van der Waals surface area contributed by atoms with E-state index in [0.29, 0.717) is 45.2 Å². The lowest BCUT2D eigenvalue weighted by molar-refractivity contribution is -0.112. The molecule has 0 unspecified atom stereocenters. The molecule has 0 fully saturated rings. The zero-order valence-corrected chi connectivity index (χ0v) is 25.0. The van der Waals surface area contributed by atoms with Gasteiger partial charge in [-0.1, -0.05) is 59.6 Å². The highest BCUT2D eigenvalue weighted by Crippen LogP contribution is 2.35. The molecule has 0 spiro atoms. The van der Waals surface area contributed by atoms with Crippen molar-refractivity contribution >= 4 is 63.5 Å². The van der Waals surface area contributed by atoms with Gasteiger partial charge >= 0.3 is 0 Å². The van der Waals surface area contributed by atoms with Gasteiger partial charge < -0.3 is 19.5 Å². The number of nitrogens with one attached hydrogen (secondary N) is 1. The second-order valence-corrected chi connectivity index (χ2v) is 10.5. The number of rotatable bonds is 10. The van der Waals surface area contributed by atoms with Gasteiger partial charge in [0.25, 0.3) is 5.91 Å². The molecule has 0 radical (unpaired) electrons. The summed E-state index contributed by atoms with van der Waals surface area (Å²) in [6.45, 7) is 0.647. The maximum Gasteiger partial charge on any atom is 0.266 e. The molecule has 0 heterocycles. The summed E-state index contributed by atoms with van der Waals surface area (Å²) in [6.07, 6.45) is 1.51. The van der Waals surface area contributed by atoms with Gasteiger partial charge in [-0.05, 0) is 88.3 Å². The topological polar surface area (TPSA) is 80.6 Å². The molecule has 0 saturated carbocycles. The highest BCUT2D eigenvalue weighted by atomic mass is 127. The molecule has 0 aliphatic carbocycles. The molecule has 1 amide bonds. The van der Waals surface area contributed by atoms with E-state index in [0.717, 1.165) is 14.7 Å². The van der Waals surface area contributed by atoms with Crippen molar-refractivity contribution in [3.8, 4) is 23.3 Å². The van der Waals surface area contributed by atoms with Crippen LogP contribution in [0.5, 0.6) is 17.2 Å². The summed E-state index contributed by atoms with van der Waals surface area (Å²) in [5.74, 6) is 1.15. The van der Waals surface area contributed by atoms with Gasteiger partial charge in [0.15, 0.2) is 11.5 Å². The molecule has 0 aromatic heterocycles. The Hall–Kier alpha value is -3.71. The van der Waals surface area contributed by atoms with Crippen LogP contribution < -0.4 is 19.5 Å². The number of amides is 1.